The number of nitrogens with one attached hydrogen (secondary N) is 2. The van der Waals surface area contributed by atoms with Gasteiger partial charge in [-0.05, 0) is 42.0 Å². The molecule has 0 bridgehead atoms. The fourth-order valence-corrected chi connectivity index (χ4v) is 4.69. The number of aliphatic imine (C=N–C) groups is 1. The first-order chi connectivity index (χ1) is 18.3. The van der Waals surface area contributed by atoms with Crippen molar-refractivity contribution in [3.8, 4) is 5.69 Å². The van der Waals surface area contributed by atoms with Gasteiger partial charge in [-0.25, -0.2) is 23.4 Å². The van der Waals surface area contributed by atoms with Crippen LogP contribution in [0.2, 0.25) is 0 Å². The van der Waals surface area contributed by atoms with Crippen LogP contribution in [0.4, 0.5) is 11.4 Å². The number of nitrogens with zero attached hydrogens (tertiary/aromatic N) is 2. The first-order valence-electron chi connectivity index (χ1n) is 11.3. The van der Waals surface area contributed by atoms with Crippen LogP contribution in [0.3, 0.4) is 0 Å². The van der Waals surface area contributed by atoms with Crippen LogP contribution in [0.25, 0.3) is 16.6 Å². The Balaban J connectivity index is 1.38. The molecule has 4 aromatic rings. The average molecular weight is 530 g/mol. The molecule has 12 heteroatoms. The highest BCUT2D eigenvalue weighted by Gasteiger charge is 2.30. The van der Waals surface area contributed by atoms with Crippen LogP contribution in [-0.4, -0.2) is 47.4 Å². The summed E-state index contributed by atoms with van der Waals surface area (Å²) in [4.78, 5) is 57.3. The predicted molar refractivity (Wildman–Crippen MR) is 144 cm³/mol. The summed E-state index contributed by atoms with van der Waals surface area (Å²) in [5, 5.41) is 12.4. The summed E-state index contributed by atoms with van der Waals surface area (Å²) in [6.07, 6.45) is -0.0963. The normalized spacial score (nSPS) is 13.1. The van der Waals surface area contributed by atoms with Crippen LogP contribution in [0.15, 0.2) is 81.3 Å². The molecule has 1 atom stereocenters. The second kappa shape index (κ2) is 9.75. The Morgan fingerprint density at radius 3 is 2.53 bits per heavy atom. The number of carboxylic acids is 1. The van der Waals surface area contributed by atoms with Crippen molar-refractivity contribution < 1.29 is 18.9 Å². The number of aromatic amines is 1. The first-order valence-corrected chi connectivity index (χ1v) is 12.0. The van der Waals surface area contributed by atoms with Gasteiger partial charge in [0.05, 0.1) is 33.5 Å². The summed E-state index contributed by atoms with van der Waals surface area (Å²) in [6, 6.07) is 16.1. The monoisotopic (exact) mass is 529 g/mol. The molecular weight excluding hydrogens is 510 g/mol. The number of amides is 1. The number of aromatic nitrogens is 2. The number of aliphatic carboxylic acids is 1. The van der Waals surface area contributed by atoms with Gasteiger partial charge in [-0.15, -0.1) is 0 Å². The van der Waals surface area contributed by atoms with Gasteiger partial charge in [0.15, 0.2) is 0 Å². The molecule has 1 aliphatic rings. The lowest BCUT2D eigenvalue weighted by Crippen LogP contribution is -2.46. The number of para-hydroxylation sites is 1. The molecule has 0 fully saturated rings. The molecule has 0 saturated heterocycles. The zero-order valence-electron chi connectivity index (χ0n) is 19.5. The summed E-state index contributed by atoms with van der Waals surface area (Å²) in [5.41, 5.74) is 6.94. The van der Waals surface area contributed by atoms with Crippen molar-refractivity contribution in [2.45, 2.75) is 12.5 Å². The molecule has 1 aromatic heterocycles. The number of H-pyrrole nitrogens is 1. The smallest absolute Gasteiger partial charge is 0.333 e. The number of carboxylic acid groups (broad SMARTS) is 1. The van der Waals surface area contributed by atoms with Crippen LogP contribution in [-0.2, 0) is 27.3 Å². The Labute approximate surface area is 217 Å². The van der Waals surface area contributed by atoms with Crippen LogP contribution in [0.1, 0.15) is 11.1 Å². The van der Waals surface area contributed by atoms with E-state index in [1.165, 1.54) is 18.2 Å². The topological polar surface area (TPSA) is 177 Å². The summed E-state index contributed by atoms with van der Waals surface area (Å²) in [5.74, 6) is -2.06. The Morgan fingerprint density at radius 1 is 1.08 bits per heavy atom. The minimum Gasteiger partial charge on any atom is -0.480 e. The van der Waals surface area contributed by atoms with Crippen LogP contribution >= 0.6 is 0 Å². The van der Waals surface area contributed by atoms with Crippen molar-refractivity contribution in [2.75, 3.05) is 5.73 Å². The van der Waals surface area contributed by atoms with Crippen molar-refractivity contribution >= 4 is 56.0 Å². The molecule has 0 aliphatic carbocycles. The van der Waals surface area contributed by atoms with Crippen molar-refractivity contribution in [1.82, 2.24) is 14.9 Å². The third-order valence-corrected chi connectivity index (χ3v) is 6.63. The van der Waals surface area contributed by atoms with E-state index in [-0.39, 0.29) is 39.3 Å². The molecule has 0 saturated carbocycles. The van der Waals surface area contributed by atoms with E-state index in [4.69, 9.17) is 5.73 Å². The number of nitrogen functional groups attached to an aromatic ring is 1. The van der Waals surface area contributed by atoms with E-state index in [9.17, 15) is 28.5 Å². The molecule has 0 spiro atoms. The Morgan fingerprint density at radius 2 is 1.82 bits per heavy atom. The zero-order valence-corrected chi connectivity index (χ0v) is 20.3. The average Bonchev–Trinajstić information content (AvgIpc) is 3.28. The van der Waals surface area contributed by atoms with E-state index in [0.29, 0.717) is 28.0 Å². The van der Waals surface area contributed by atoms with Crippen molar-refractivity contribution in [3.05, 3.63) is 98.7 Å². The van der Waals surface area contributed by atoms with Gasteiger partial charge in [0.25, 0.3) is 11.5 Å². The second-order valence-corrected chi connectivity index (χ2v) is 9.08. The molecule has 5 rings (SSSR count). The molecule has 1 amide bonds. The molecule has 3 aromatic carbocycles. The number of carbonyl (C=O) groups excluding carboxylic acids is 1. The summed E-state index contributed by atoms with van der Waals surface area (Å²) < 4.78 is 12.6. The van der Waals surface area contributed by atoms with Gasteiger partial charge in [0.1, 0.15) is 16.6 Å². The van der Waals surface area contributed by atoms with Gasteiger partial charge >= 0.3 is 11.7 Å². The largest absolute Gasteiger partial charge is 0.480 e. The van der Waals surface area contributed by atoms with Gasteiger partial charge in [-0.3, -0.25) is 9.59 Å². The molecule has 2 heterocycles. The van der Waals surface area contributed by atoms with Crippen molar-refractivity contribution in [2.24, 2.45) is 4.99 Å². The summed E-state index contributed by atoms with van der Waals surface area (Å²) in [7, 11) is 0. The van der Waals surface area contributed by atoms with E-state index in [1.54, 1.807) is 48.5 Å². The van der Waals surface area contributed by atoms with Crippen LogP contribution in [0.5, 0.6) is 0 Å². The maximum absolute atomic E-state index is 13.0. The molecule has 1 unspecified atom stereocenters. The standard InChI is InChI=1S/C26H19N5O6S/c27-14-7-10-19-17(12-14)24(33)31(26(36)30-19)15-8-5-13(6-9-15)11-20(25(34)35)29-23(32)21-22(38-37)16-3-1-2-4-18(16)28-21/h1-10,12,20H,11,27H2,(H,29,32)(H,30,36)(H,34,35). The summed E-state index contributed by atoms with van der Waals surface area (Å²) >= 11 is 0.119. The molecule has 11 nitrogen and oxygen atoms in total. The predicted octanol–water partition coefficient (Wildman–Crippen LogP) is 0.893. The van der Waals surface area contributed by atoms with Gasteiger partial charge in [-0.1, -0.05) is 30.3 Å². The maximum atomic E-state index is 13.0. The van der Waals surface area contributed by atoms with Gasteiger partial charge in [0, 0.05) is 17.7 Å². The minimum absolute atomic E-state index is 0.0963. The molecule has 1 aliphatic heterocycles. The number of carbonyl (C=O) groups is 2. The number of nitrogens with two attached hydrogens (primary N) is 1. The Kier molecular flexibility index (Phi) is 6.31. The maximum Gasteiger partial charge on any atom is 0.333 e. The second-order valence-electron chi connectivity index (χ2n) is 8.50. The van der Waals surface area contributed by atoms with E-state index < -0.39 is 29.2 Å². The highest BCUT2D eigenvalue weighted by molar-refractivity contribution is 7.69. The lowest BCUT2D eigenvalue weighted by atomic mass is 10.0. The highest BCUT2D eigenvalue weighted by atomic mass is 32.1. The fraction of sp³-hybridized carbons (Fsp3) is 0.0769. The third kappa shape index (κ3) is 4.44. The third-order valence-electron chi connectivity index (χ3n) is 6.05. The SMILES string of the molecule is Nc1ccc2[nH]c(=O)n(-c3ccc(CC(NC(=O)C4=Nc5ccccc5C4=S=O)C(=O)O)cc3)c(=O)c2c1. The molecule has 5 N–H and O–H groups in total. The first kappa shape index (κ1) is 24.6. The molecule has 190 valence electrons. The van der Waals surface area contributed by atoms with Crippen LogP contribution < -0.4 is 22.3 Å². The van der Waals surface area contributed by atoms with E-state index in [1.807, 2.05) is 0 Å². The lowest BCUT2D eigenvalue weighted by molar-refractivity contribution is -0.140. The van der Waals surface area contributed by atoms with E-state index in [2.05, 4.69) is 15.3 Å². The van der Waals surface area contributed by atoms with Gasteiger partial charge < -0.3 is 21.1 Å². The molecule has 0 radical (unpaired) electrons. The number of hydrogen-bond donors (Lipinski definition) is 4. The van der Waals surface area contributed by atoms with Crippen LogP contribution in [0, 0.1) is 0 Å². The van der Waals surface area contributed by atoms with Crippen molar-refractivity contribution in [3.63, 3.8) is 0 Å². The lowest BCUT2D eigenvalue weighted by Gasteiger charge is -2.15. The zero-order chi connectivity index (χ0) is 27.0. The van der Waals surface area contributed by atoms with Gasteiger partial charge in [-0.2, -0.15) is 0 Å². The number of anilines is 1. The number of hydrogen-bond acceptors (Lipinski definition) is 7. The Bertz CT molecular complexity index is 1830. The van der Waals surface area contributed by atoms with E-state index in [0.717, 1.165) is 4.57 Å². The Hall–Kier alpha value is -5.10. The molecular formula is C26H19N5O6S. The number of rotatable bonds is 6. The summed E-state index contributed by atoms with van der Waals surface area (Å²) in [6.45, 7) is 0. The van der Waals surface area contributed by atoms with Gasteiger partial charge in [0.2, 0.25) is 0 Å². The quantitative estimate of drug-likeness (QED) is 0.212. The number of benzene rings is 3. The number of fused-ring (bicyclic) bond motifs is 2. The van der Waals surface area contributed by atoms with E-state index >= 15 is 0 Å². The molecule has 38 heavy (non-hydrogen) atoms. The van der Waals surface area contributed by atoms with Crippen molar-refractivity contribution in [1.29, 1.82) is 0 Å². The highest BCUT2D eigenvalue weighted by Crippen LogP contribution is 2.26. The fourth-order valence-electron chi connectivity index (χ4n) is 4.21. The minimum atomic E-state index is -1.33.